The molecule has 0 bridgehead atoms. The second kappa shape index (κ2) is 6.16. The van der Waals surface area contributed by atoms with Crippen LogP contribution in [0.3, 0.4) is 0 Å². The fourth-order valence-corrected chi connectivity index (χ4v) is 1.87. The lowest BCUT2D eigenvalue weighted by atomic mass is 10.4. The Balaban J connectivity index is 1.74. The largest absolute Gasteiger partial charge is 0.368 e. The minimum atomic E-state index is 0.566. The van der Waals surface area contributed by atoms with Crippen molar-refractivity contribution in [2.24, 2.45) is 0 Å². The number of anilines is 2. The van der Waals surface area contributed by atoms with Gasteiger partial charge in [0.05, 0.1) is 6.33 Å². The first kappa shape index (κ1) is 13.3. The lowest BCUT2D eigenvalue weighted by molar-refractivity contribution is 0.380. The van der Waals surface area contributed by atoms with Crippen molar-refractivity contribution in [3.63, 3.8) is 0 Å². The van der Waals surface area contributed by atoms with Crippen LogP contribution in [0.4, 0.5) is 11.8 Å². The van der Waals surface area contributed by atoms with Crippen molar-refractivity contribution in [2.75, 3.05) is 23.7 Å². The Morgan fingerprint density at radius 2 is 2.14 bits per heavy atom. The van der Waals surface area contributed by atoms with E-state index in [1.54, 1.807) is 6.33 Å². The van der Waals surface area contributed by atoms with Crippen LogP contribution in [-0.2, 0) is 6.42 Å². The van der Waals surface area contributed by atoms with Crippen molar-refractivity contribution in [3.8, 4) is 0 Å². The fourth-order valence-electron chi connectivity index (χ4n) is 1.87. The second-order valence-electron chi connectivity index (χ2n) is 4.44. The summed E-state index contributed by atoms with van der Waals surface area (Å²) in [5, 5.41) is 9.97. The van der Waals surface area contributed by atoms with Crippen LogP contribution < -0.4 is 10.6 Å². The van der Waals surface area contributed by atoms with Crippen LogP contribution >= 0.6 is 0 Å². The van der Waals surface area contributed by atoms with E-state index in [1.165, 1.54) is 6.33 Å². The summed E-state index contributed by atoms with van der Waals surface area (Å²) in [6.07, 6.45) is 4.62. The fraction of sp³-hybridized carbons (Fsp3) is 0.417. The summed E-state index contributed by atoms with van der Waals surface area (Å²) in [5.74, 6) is 1.86. The highest BCUT2D eigenvalue weighted by molar-refractivity contribution is 5.83. The molecule has 0 saturated heterocycles. The molecule has 0 aliphatic heterocycles. The number of aromatic amines is 1. The average Bonchev–Trinajstić information content (AvgIpc) is 3.15. The maximum absolute atomic E-state index is 4.95. The van der Waals surface area contributed by atoms with Gasteiger partial charge in [0.2, 0.25) is 11.8 Å². The quantitative estimate of drug-likeness (QED) is 0.594. The zero-order valence-electron chi connectivity index (χ0n) is 11.6. The molecule has 0 aromatic carbocycles. The van der Waals surface area contributed by atoms with Gasteiger partial charge >= 0.3 is 0 Å². The smallest absolute Gasteiger partial charge is 0.228 e. The molecule has 3 N–H and O–H groups in total. The Morgan fingerprint density at radius 1 is 1.19 bits per heavy atom. The van der Waals surface area contributed by atoms with Gasteiger partial charge in [0.1, 0.15) is 5.52 Å². The number of nitrogens with one attached hydrogen (secondary N) is 3. The molecule has 0 saturated carbocycles. The van der Waals surface area contributed by atoms with Gasteiger partial charge in [0, 0.05) is 19.5 Å². The highest BCUT2D eigenvalue weighted by atomic mass is 16.5. The van der Waals surface area contributed by atoms with Crippen molar-refractivity contribution in [2.45, 2.75) is 19.8 Å². The highest BCUT2D eigenvalue weighted by Crippen LogP contribution is 2.18. The molecule has 0 unspecified atom stereocenters. The standard InChI is InChI=1S/C12H16N8O/c1-2-4-14-12-19-10(9-11(20-12)17-6-16-9)13-5-3-8-15-7-18-21-8/h6-7H,2-5H2,1H3,(H3,13,14,16,17,19,20). The van der Waals surface area contributed by atoms with Gasteiger partial charge in [-0.25, -0.2) is 4.98 Å². The van der Waals surface area contributed by atoms with E-state index in [9.17, 15) is 0 Å². The molecule has 110 valence electrons. The molecule has 21 heavy (non-hydrogen) atoms. The molecule has 3 aromatic rings. The predicted octanol–water partition coefficient (Wildman–Crippen LogP) is 1.21. The lowest BCUT2D eigenvalue weighted by Gasteiger charge is -2.08. The Bertz CT molecular complexity index is 692. The van der Waals surface area contributed by atoms with Crippen molar-refractivity contribution in [1.29, 1.82) is 0 Å². The molecule has 3 aromatic heterocycles. The minimum Gasteiger partial charge on any atom is -0.368 e. The molecule has 0 aliphatic carbocycles. The van der Waals surface area contributed by atoms with Crippen LogP contribution in [0.2, 0.25) is 0 Å². The molecule has 3 rings (SSSR count). The van der Waals surface area contributed by atoms with E-state index >= 15 is 0 Å². The molecule has 0 fully saturated rings. The zero-order chi connectivity index (χ0) is 14.5. The molecule has 9 nitrogen and oxygen atoms in total. The number of fused-ring (bicyclic) bond motifs is 1. The first-order chi connectivity index (χ1) is 10.4. The average molecular weight is 288 g/mol. The monoisotopic (exact) mass is 288 g/mol. The molecule has 0 radical (unpaired) electrons. The summed E-state index contributed by atoms with van der Waals surface area (Å²) >= 11 is 0. The maximum Gasteiger partial charge on any atom is 0.228 e. The van der Waals surface area contributed by atoms with E-state index in [2.05, 4.69) is 47.6 Å². The topological polar surface area (TPSA) is 117 Å². The van der Waals surface area contributed by atoms with Crippen LogP contribution in [-0.4, -0.2) is 43.2 Å². The summed E-state index contributed by atoms with van der Waals surface area (Å²) in [5.41, 5.74) is 1.41. The van der Waals surface area contributed by atoms with E-state index in [0.717, 1.165) is 18.5 Å². The number of rotatable bonds is 7. The molecular formula is C12H16N8O. The van der Waals surface area contributed by atoms with Gasteiger partial charge in [-0.05, 0) is 6.42 Å². The summed E-state index contributed by atoms with van der Waals surface area (Å²) < 4.78 is 4.95. The molecule has 0 atom stereocenters. The summed E-state index contributed by atoms with van der Waals surface area (Å²) in [6.45, 7) is 3.53. The Morgan fingerprint density at radius 3 is 2.95 bits per heavy atom. The minimum absolute atomic E-state index is 0.566. The Labute approximate surface area is 120 Å². The molecule has 3 heterocycles. The number of imidazole rings is 1. The number of aromatic nitrogens is 6. The van der Waals surface area contributed by atoms with Gasteiger partial charge in [-0.15, -0.1) is 0 Å². The van der Waals surface area contributed by atoms with E-state index in [1.807, 2.05) is 0 Å². The van der Waals surface area contributed by atoms with Crippen molar-refractivity contribution < 1.29 is 4.52 Å². The Kier molecular flexibility index (Phi) is 3.90. The van der Waals surface area contributed by atoms with E-state index < -0.39 is 0 Å². The van der Waals surface area contributed by atoms with Crippen LogP contribution in [0.25, 0.3) is 11.2 Å². The van der Waals surface area contributed by atoms with Crippen LogP contribution in [0.15, 0.2) is 17.2 Å². The zero-order valence-corrected chi connectivity index (χ0v) is 11.6. The van der Waals surface area contributed by atoms with Gasteiger partial charge in [-0.3, -0.25) is 0 Å². The molecule has 9 heteroatoms. The molecule has 0 amide bonds. The lowest BCUT2D eigenvalue weighted by Crippen LogP contribution is -2.10. The van der Waals surface area contributed by atoms with Crippen molar-refractivity contribution >= 4 is 22.9 Å². The third kappa shape index (κ3) is 3.07. The van der Waals surface area contributed by atoms with Crippen LogP contribution in [0.5, 0.6) is 0 Å². The van der Waals surface area contributed by atoms with Gasteiger partial charge in [-0.2, -0.15) is 15.0 Å². The van der Waals surface area contributed by atoms with Gasteiger partial charge < -0.3 is 20.1 Å². The molecule has 0 aliphatic rings. The molecular weight excluding hydrogens is 272 g/mol. The van der Waals surface area contributed by atoms with Gasteiger partial charge in [-0.1, -0.05) is 12.1 Å². The summed E-state index contributed by atoms with van der Waals surface area (Å²) in [6, 6.07) is 0. The maximum atomic E-state index is 4.95. The second-order valence-corrected chi connectivity index (χ2v) is 4.44. The number of nitrogens with zero attached hydrogens (tertiary/aromatic N) is 5. The van der Waals surface area contributed by atoms with E-state index in [4.69, 9.17) is 4.52 Å². The summed E-state index contributed by atoms with van der Waals surface area (Å²) in [7, 11) is 0. The van der Waals surface area contributed by atoms with Gasteiger partial charge in [0.25, 0.3) is 0 Å². The highest BCUT2D eigenvalue weighted by Gasteiger charge is 2.09. The van der Waals surface area contributed by atoms with E-state index in [0.29, 0.717) is 36.3 Å². The summed E-state index contributed by atoms with van der Waals surface area (Å²) in [4.78, 5) is 20.0. The number of hydrogen-bond acceptors (Lipinski definition) is 8. The van der Waals surface area contributed by atoms with Crippen LogP contribution in [0.1, 0.15) is 19.2 Å². The molecule has 0 spiro atoms. The van der Waals surface area contributed by atoms with Crippen molar-refractivity contribution in [1.82, 2.24) is 30.1 Å². The normalized spacial score (nSPS) is 10.9. The third-order valence-electron chi connectivity index (χ3n) is 2.86. The first-order valence-corrected chi connectivity index (χ1v) is 6.81. The Hall–Kier alpha value is -2.71. The van der Waals surface area contributed by atoms with E-state index in [-0.39, 0.29) is 0 Å². The predicted molar refractivity (Wildman–Crippen MR) is 77.0 cm³/mol. The third-order valence-corrected chi connectivity index (χ3v) is 2.86. The number of hydrogen-bond donors (Lipinski definition) is 3. The van der Waals surface area contributed by atoms with Gasteiger partial charge in [0.15, 0.2) is 17.8 Å². The first-order valence-electron chi connectivity index (χ1n) is 6.81. The SMILES string of the molecule is CCCNc1nc(NCCc2ncno2)c2[nH]cnc2n1. The number of H-pyrrole nitrogens is 1. The van der Waals surface area contributed by atoms with Crippen LogP contribution in [0, 0.1) is 0 Å². The van der Waals surface area contributed by atoms with Crippen molar-refractivity contribution in [3.05, 3.63) is 18.5 Å².